The summed E-state index contributed by atoms with van der Waals surface area (Å²) in [7, 11) is 0. The summed E-state index contributed by atoms with van der Waals surface area (Å²) in [5, 5.41) is 0. The van der Waals surface area contributed by atoms with Crippen LogP contribution in [-0.4, -0.2) is 12.0 Å². The molecule has 1 unspecified atom stereocenters. The second kappa shape index (κ2) is 5.19. The monoisotopic (exact) mass is 236 g/mol. The largest absolute Gasteiger partial charge is 0.450 e. The number of carbonyl (C=O) groups is 1. The van der Waals surface area contributed by atoms with Crippen molar-refractivity contribution < 1.29 is 18.0 Å². The van der Waals surface area contributed by atoms with Crippen LogP contribution in [0.25, 0.3) is 0 Å². The maximum Gasteiger partial charge on any atom is 0.450 e. The van der Waals surface area contributed by atoms with Crippen LogP contribution in [0.4, 0.5) is 13.2 Å². The molecule has 1 atom stereocenters. The third-order valence-electron chi connectivity index (χ3n) is 3.87. The third kappa shape index (κ3) is 3.22. The highest BCUT2D eigenvalue weighted by atomic mass is 19.4. The maximum atomic E-state index is 12.2. The molecule has 0 aromatic rings. The molecule has 0 aromatic carbocycles. The average molecular weight is 236 g/mol. The average Bonchev–Trinajstić information content (AvgIpc) is 2.26. The number of rotatable bonds is 3. The molecule has 1 rings (SSSR count). The summed E-state index contributed by atoms with van der Waals surface area (Å²) in [6.45, 7) is 4.23. The van der Waals surface area contributed by atoms with Gasteiger partial charge in [0.05, 0.1) is 0 Å². The number of hydrogen-bond acceptors (Lipinski definition) is 1. The lowest BCUT2D eigenvalue weighted by Crippen LogP contribution is -2.33. The van der Waals surface area contributed by atoms with E-state index < -0.39 is 17.9 Å². The predicted molar refractivity (Wildman–Crippen MR) is 56.0 cm³/mol. The Labute approximate surface area is 94.4 Å². The van der Waals surface area contributed by atoms with Crippen LogP contribution >= 0.6 is 0 Å². The van der Waals surface area contributed by atoms with Crippen molar-refractivity contribution in [2.45, 2.75) is 52.1 Å². The zero-order valence-corrected chi connectivity index (χ0v) is 9.81. The van der Waals surface area contributed by atoms with Crippen molar-refractivity contribution in [1.82, 2.24) is 0 Å². The minimum absolute atomic E-state index is 0.410. The fourth-order valence-corrected chi connectivity index (χ4v) is 2.52. The normalized spacial score (nSPS) is 28.8. The van der Waals surface area contributed by atoms with Gasteiger partial charge < -0.3 is 0 Å². The fraction of sp³-hybridized carbons (Fsp3) is 0.917. The van der Waals surface area contributed by atoms with Gasteiger partial charge >= 0.3 is 6.18 Å². The Morgan fingerprint density at radius 2 is 1.75 bits per heavy atom. The van der Waals surface area contributed by atoms with Gasteiger partial charge in [-0.2, -0.15) is 13.2 Å². The highest BCUT2D eigenvalue weighted by Gasteiger charge is 2.44. The number of hydrogen-bond donors (Lipinski definition) is 0. The van der Waals surface area contributed by atoms with E-state index in [0.717, 1.165) is 19.3 Å². The Kier molecular flexibility index (Phi) is 4.39. The molecule has 1 fully saturated rings. The van der Waals surface area contributed by atoms with E-state index in [0.29, 0.717) is 24.7 Å². The Balaban J connectivity index is 2.46. The number of halogens is 3. The smallest absolute Gasteiger partial charge is 0.289 e. The van der Waals surface area contributed by atoms with Gasteiger partial charge in [0.1, 0.15) is 0 Å². The van der Waals surface area contributed by atoms with Crippen LogP contribution in [0.15, 0.2) is 0 Å². The van der Waals surface area contributed by atoms with Gasteiger partial charge in [0.2, 0.25) is 5.78 Å². The first-order valence-corrected chi connectivity index (χ1v) is 5.97. The first-order chi connectivity index (χ1) is 7.36. The van der Waals surface area contributed by atoms with Gasteiger partial charge in [-0.15, -0.1) is 0 Å². The van der Waals surface area contributed by atoms with Crippen LogP contribution in [0.1, 0.15) is 46.0 Å². The van der Waals surface area contributed by atoms with E-state index in [2.05, 4.69) is 13.8 Å². The van der Waals surface area contributed by atoms with Gasteiger partial charge in [0.25, 0.3) is 0 Å². The molecule has 0 aromatic heterocycles. The molecule has 0 saturated heterocycles. The minimum Gasteiger partial charge on any atom is -0.289 e. The van der Waals surface area contributed by atoms with Crippen LogP contribution in [0.3, 0.4) is 0 Å². The molecular formula is C12H19F3O. The van der Waals surface area contributed by atoms with Crippen LogP contribution in [-0.2, 0) is 4.79 Å². The summed E-state index contributed by atoms with van der Waals surface area (Å²) in [5.41, 5.74) is 0. The third-order valence-corrected chi connectivity index (χ3v) is 3.87. The van der Waals surface area contributed by atoms with E-state index in [-0.39, 0.29) is 0 Å². The Bertz CT molecular complexity index is 239. The molecule has 1 saturated carbocycles. The number of alkyl halides is 3. The summed E-state index contributed by atoms with van der Waals surface area (Å²) in [6.07, 6.45) is -1.24. The molecule has 1 nitrogen and oxygen atoms in total. The minimum atomic E-state index is -4.64. The molecule has 0 spiro atoms. The zero-order chi connectivity index (χ0) is 12.3. The molecule has 0 N–H and O–H groups in total. The summed E-state index contributed by atoms with van der Waals surface area (Å²) >= 11 is 0. The van der Waals surface area contributed by atoms with E-state index in [9.17, 15) is 18.0 Å². The first-order valence-electron chi connectivity index (χ1n) is 5.97. The van der Waals surface area contributed by atoms with Gasteiger partial charge in [-0.3, -0.25) is 4.79 Å². The molecule has 0 heterocycles. The van der Waals surface area contributed by atoms with Crippen molar-refractivity contribution in [3.63, 3.8) is 0 Å². The quantitative estimate of drug-likeness (QED) is 0.724. The van der Waals surface area contributed by atoms with Crippen LogP contribution < -0.4 is 0 Å². The molecule has 0 amide bonds. The summed E-state index contributed by atoms with van der Waals surface area (Å²) in [4.78, 5) is 11.0. The van der Waals surface area contributed by atoms with Gasteiger partial charge in [0, 0.05) is 5.92 Å². The van der Waals surface area contributed by atoms with E-state index in [1.54, 1.807) is 0 Å². The van der Waals surface area contributed by atoms with Crippen molar-refractivity contribution in [3.05, 3.63) is 0 Å². The molecule has 16 heavy (non-hydrogen) atoms. The second-order valence-electron chi connectivity index (χ2n) is 4.86. The molecule has 1 aliphatic carbocycles. The molecule has 4 heteroatoms. The van der Waals surface area contributed by atoms with E-state index in [1.807, 2.05) is 0 Å². The Morgan fingerprint density at radius 1 is 1.25 bits per heavy atom. The van der Waals surface area contributed by atoms with Gasteiger partial charge in [-0.1, -0.05) is 20.3 Å². The summed E-state index contributed by atoms with van der Waals surface area (Å²) in [6, 6.07) is 0. The SMILES string of the molecule is CCC(C)C1CCC(C(=O)C(F)(F)F)CC1. The van der Waals surface area contributed by atoms with Crippen molar-refractivity contribution >= 4 is 5.78 Å². The Morgan fingerprint density at radius 3 is 2.12 bits per heavy atom. The number of Topliss-reactive ketones (excluding diaryl/α,β-unsaturated/α-hetero) is 1. The van der Waals surface area contributed by atoms with Crippen molar-refractivity contribution in [1.29, 1.82) is 0 Å². The van der Waals surface area contributed by atoms with E-state index in [4.69, 9.17) is 0 Å². The second-order valence-corrected chi connectivity index (χ2v) is 4.86. The summed E-state index contributed by atoms with van der Waals surface area (Å²) < 4.78 is 36.6. The zero-order valence-electron chi connectivity index (χ0n) is 9.81. The highest BCUT2D eigenvalue weighted by Crippen LogP contribution is 2.37. The van der Waals surface area contributed by atoms with Crippen LogP contribution in [0, 0.1) is 17.8 Å². The molecule has 0 aliphatic heterocycles. The van der Waals surface area contributed by atoms with Gasteiger partial charge in [-0.25, -0.2) is 0 Å². The lowest BCUT2D eigenvalue weighted by molar-refractivity contribution is -0.176. The fourth-order valence-electron chi connectivity index (χ4n) is 2.52. The topological polar surface area (TPSA) is 17.1 Å². The molecular weight excluding hydrogens is 217 g/mol. The van der Waals surface area contributed by atoms with Crippen molar-refractivity contribution in [2.75, 3.05) is 0 Å². The maximum absolute atomic E-state index is 12.2. The lowest BCUT2D eigenvalue weighted by atomic mass is 9.74. The summed E-state index contributed by atoms with van der Waals surface area (Å²) in [5.74, 6) is -1.24. The van der Waals surface area contributed by atoms with Crippen molar-refractivity contribution in [3.8, 4) is 0 Å². The van der Waals surface area contributed by atoms with Gasteiger partial charge in [0.15, 0.2) is 0 Å². The predicted octanol–water partition coefficient (Wildman–Crippen LogP) is 3.97. The lowest BCUT2D eigenvalue weighted by Gasteiger charge is -2.31. The number of ketones is 1. The molecule has 0 bridgehead atoms. The van der Waals surface area contributed by atoms with E-state index in [1.165, 1.54) is 0 Å². The number of carbonyl (C=O) groups excluding carboxylic acids is 1. The van der Waals surface area contributed by atoms with Gasteiger partial charge in [-0.05, 0) is 37.5 Å². The van der Waals surface area contributed by atoms with Crippen LogP contribution in [0.5, 0.6) is 0 Å². The van der Waals surface area contributed by atoms with E-state index >= 15 is 0 Å². The molecule has 0 radical (unpaired) electrons. The van der Waals surface area contributed by atoms with Crippen molar-refractivity contribution in [2.24, 2.45) is 17.8 Å². The Hall–Kier alpha value is -0.540. The highest BCUT2D eigenvalue weighted by molar-refractivity contribution is 5.86. The molecule has 94 valence electrons. The first kappa shape index (κ1) is 13.5. The standard InChI is InChI=1S/C12H19F3O/c1-3-8(2)9-4-6-10(7-5-9)11(16)12(13,14)15/h8-10H,3-7H2,1-2H3. The molecule has 1 aliphatic rings. The van der Waals surface area contributed by atoms with Crippen LogP contribution in [0.2, 0.25) is 0 Å².